The normalized spacial score (nSPS) is 11.4. The number of amides is 1. The molecule has 2 heterocycles. The van der Waals surface area contributed by atoms with E-state index in [1.165, 1.54) is 11.1 Å². The van der Waals surface area contributed by atoms with Gasteiger partial charge in [-0.2, -0.15) is 0 Å². The van der Waals surface area contributed by atoms with Crippen LogP contribution in [0.2, 0.25) is 0 Å². The molecule has 0 saturated heterocycles. The molecule has 0 aliphatic rings. The minimum atomic E-state index is 0.00186. The second-order valence-electron chi connectivity index (χ2n) is 7.94. The molecule has 0 radical (unpaired) electrons. The third kappa shape index (κ3) is 5.24. The van der Waals surface area contributed by atoms with Crippen molar-refractivity contribution in [3.8, 4) is 11.3 Å². The lowest BCUT2D eigenvalue weighted by molar-refractivity contribution is -0.120. The van der Waals surface area contributed by atoms with E-state index < -0.39 is 0 Å². The fraction of sp³-hybridized carbons (Fsp3) is 0.417. The van der Waals surface area contributed by atoms with Crippen molar-refractivity contribution in [3.63, 3.8) is 0 Å². The number of hydrogen-bond acceptors (Lipinski definition) is 3. The smallest absolute Gasteiger partial charge is 0.226 e. The Morgan fingerprint density at radius 2 is 1.93 bits per heavy atom. The molecule has 1 amide bonds. The number of carbonyl (C=O) groups excluding carboxylic acids is 1. The van der Waals surface area contributed by atoms with Gasteiger partial charge in [-0.25, -0.2) is 4.98 Å². The Kier molecular flexibility index (Phi) is 6.70. The highest BCUT2D eigenvalue weighted by atomic mass is 16.5. The first-order valence-corrected chi connectivity index (χ1v) is 10.3. The van der Waals surface area contributed by atoms with Gasteiger partial charge in [-0.05, 0) is 75.9 Å². The molecule has 1 N–H and O–H groups in total. The summed E-state index contributed by atoms with van der Waals surface area (Å²) in [7, 11) is 0. The molecule has 0 bridgehead atoms. The number of pyridine rings is 1. The number of benzene rings is 1. The molecule has 3 rings (SSSR count). The maximum Gasteiger partial charge on any atom is 0.226 e. The molecule has 1 aromatic carbocycles. The van der Waals surface area contributed by atoms with Crippen molar-refractivity contribution in [1.82, 2.24) is 14.7 Å². The largest absolute Gasteiger partial charge is 0.379 e. The number of rotatable bonds is 8. The van der Waals surface area contributed by atoms with Gasteiger partial charge in [-0.1, -0.05) is 12.1 Å². The Morgan fingerprint density at radius 3 is 2.66 bits per heavy atom. The molecule has 29 heavy (non-hydrogen) atoms. The third-order valence-electron chi connectivity index (χ3n) is 5.08. The van der Waals surface area contributed by atoms with Crippen LogP contribution in [0, 0.1) is 20.8 Å². The lowest BCUT2D eigenvalue weighted by atomic mass is 10.0. The second-order valence-corrected chi connectivity index (χ2v) is 7.94. The summed E-state index contributed by atoms with van der Waals surface area (Å²) in [4.78, 5) is 17.5. The topological polar surface area (TPSA) is 55.6 Å². The van der Waals surface area contributed by atoms with Gasteiger partial charge in [0, 0.05) is 24.9 Å². The summed E-state index contributed by atoms with van der Waals surface area (Å²) in [5.74, 6) is 0.00186. The van der Waals surface area contributed by atoms with E-state index in [4.69, 9.17) is 9.72 Å². The van der Waals surface area contributed by atoms with Gasteiger partial charge in [0.1, 0.15) is 5.65 Å². The lowest BCUT2D eigenvalue weighted by Crippen LogP contribution is -2.27. The first-order chi connectivity index (χ1) is 13.8. The van der Waals surface area contributed by atoms with Gasteiger partial charge >= 0.3 is 0 Å². The van der Waals surface area contributed by atoms with Gasteiger partial charge in [-0.3, -0.25) is 4.79 Å². The average Bonchev–Trinajstić information content (AvgIpc) is 3.00. The summed E-state index contributed by atoms with van der Waals surface area (Å²) in [5.41, 5.74) is 7.31. The van der Waals surface area contributed by atoms with Gasteiger partial charge in [0.2, 0.25) is 5.91 Å². The van der Waals surface area contributed by atoms with E-state index in [0.717, 1.165) is 34.6 Å². The number of nitrogens with zero attached hydrogens (tertiary/aromatic N) is 2. The average molecular weight is 394 g/mol. The highest BCUT2D eigenvalue weighted by Crippen LogP contribution is 2.27. The summed E-state index contributed by atoms with van der Waals surface area (Å²) >= 11 is 0. The number of aromatic nitrogens is 2. The minimum absolute atomic E-state index is 0.00186. The van der Waals surface area contributed by atoms with E-state index in [-0.39, 0.29) is 18.4 Å². The first kappa shape index (κ1) is 21.1. The van der Waals surface area contributed by atoms with E-state index in [1.807, 2.05) is 30.5 Å². The Bertz CT molecular complexity index is 1000. The van der Waals surface area contributed by atoms with Crippen LogP contribution in [-0.4, -0.2) is 34.5 Å². The van der Waals surface area contributed by atoms with Crippen LogP contribution in [0.3, 0.4) is 0 Å². The summed E-state index contributed by atoms with van der Waals surface area (Å²) in [5, 5.41) is 3.01. The van der Waals surface area contributed by atoms with Crippen molar-refractivity contribution < 1.29 is 9.53 Å². The first-order valence-electron chi connectivity index (χ1n) is 10.3. The number of imidazole rings is 1. The van der Waals surface area contributed by atoms with Crippen LogP contribution < -0.4 is 5.32 Å². The van der Waals surface area contributed by atoms with E-state index in [0.29, 0.717) is 13.2 Å². The van der Waals surface area contributed by atoms with Gasteiger partial charge in [-0.15, -0.1) is 0 Å². The molecular weight excluding hydrogens is 362 g/mol. The van der Waals surface area contributed by atoms with Crippen LogP contribution in [0.4, 0.5) is 0 Å². The van der Waals surface area contributed by atoms with Gasteiger partial charge in [0.05, 0.1) is 23.9 Å². The molecule has 5 heteroatoms. The molecule has 0 saturated carbocycles. The summed E-state index contributed by atoms with van der Waals surface area (Å²) in [6.45, 7) is 11.5. The monoisotopic (exact) mass is 393 g/mol. The van der Waals surface area contributed by atoms with Gasteiger partial charge < -0.3 is 14.5 Å². The minimum Gasteiger partial charge on any atom is -0.379 e. The van der Waals surface area contributed by atoms with Crippen LogP contribution in [0.25, 0.3) is 16.9 Å². The summed E-state index contributed by atoms with van der Waals surface area (Å²) in [6, 6.07) is 10.4. The van der Waals surface area contributed by atoms with Crippen molar-refractivity contribution in [2.75, 3.05) is 13.2 Å². The number of aryl methyl sites for hydroxylation is 3. The van der Waals surface area contributed by atoms with Crippen LogP contribution in [0.5, 0.6) is 0 Å². The van der Waals surface area contributed by atoms with Crippen LogP contribution >= 0.6 is 0 Å². The van der Waals surface area contributed by atoms with E-state index in [9.17, 15) is 4.79 Å². The van der Waals surface area contributed by atoms with E-state index in [2.05, 4.69) is 50.4 Å². The number of carbonyl (C=O) groups is 1. The van der Waals surface area contributed by atoms with Crippen molar-refractivity contribution in [2.24, 2.45) is 0 Å². The van der Waals surface area contributed by atoms with E-state index >= 15 is 0 Å². The van der Waals surface area contributed by atoms with Crippen LogP contribution in [0.15, 0.2) is 36.5 Å². The summed E-state index contributed by atoms with van der Waals surface area (Å²) in [6.07, 6.45) is 3.31. The van der Waals surface area contributed by atoms with E-state index in [1.54, 1.807) is 0 Å². The molecule has 2 aromatic heterocycles. The number of hydrogen-bond donors (Lipinski definition) is 1. The van der Waals surface area contributed by atoms with Crippen molar-refractivity contribution in [2.45, 2.75) is 53.6 Å². The predicted molar refractivity (Wildman–Crippen MR) is 117 cm³/mol. The molecule has 0 atom stereocenters. The highest BCUT2D eigenvalue weighted by Gasteiger charge is 2.17. The lowest BCUT2D eigenvalue weighted by Gasteiger charge is -2.10. The fourth-order valence-electron chi connectivity index (χ4n) is 3.32. The highest BCUT2D eigenvalue weighted by molar-refractivity contribution is 5.81. The second kappa shape index (κ2) is 9.23. The molecular formula is C24H31N3O2. The fourth-order valence-corrected chi connectivity index (χ4v) is 3.32. The van der Waals surface area contributed by atoms with Crippen molar-refractivity contribution >= 4 is 11.6 Å². The maximum atomic E-state index is 12.6. The zero-order valence-electron chi connectivity index (χ0n) is 18.1. The Balaban J connectivity index is 1.83. The van der Waals surface area contributed by atoms with Crippen molar-refractivity contribution in [1.29, 1.82) is 0 Å². The number of ether oxygens (including phenoxy) is 1. The Hall–Kier alpha value is -2.66. The van der Waals surface area contributed by atoms with Gasteiger partial charge in [0.25, 0.3) is 0 Å². The molecule has 3 aromatic rings. The third-order valence-corrected chi connectivity index (χ3v) is 5.08. The quantitative estimate of drug-likeness (QED) is 0.577. The van der Waals surface area contributed by atoms with Crippen molar-refractivity contribution in [3.05, 3.63) is 58.9 Å². The zero-order chi connectivity index (χ0) is 21.0. The molecule has 0 unspecified atom stereocenters. The Morgan fingerprint density at radius 1 is 1.14 bits per heavy atom. The zero-order valence-corrected chi connectivity index (χ0v) is 18.1. The molecule has 5 nitrogen and oxygen atoms in total. The maximum absolute atomic E-state index is 12.6. The SMILES string of the molecule is Cc1ccn2c(CC(=O)NCCCOC(C)C)c(-c3ccc(C)c(C)c3)nc2c1. The molecule has 0 aliphatic carbocycles. The Labute approximate surface area is 173 Å². The molecule has 154 valence electrons. The molecule has 0 fully saturated rings. The summed E-state index contributed by atoms with van der Waals surface area (Å²) < 4.78 is 7.56. The standard InChI is InChI=1S/C24H31N3O2/c1-16(2)29-12-6-10-25-23(28)15-21-24(20-8-7-18(4)19(5)14-20)26-22-13-17(3)9-11-27(21)22/h7-9,11,13-14,16H,6,10,12,15H2,1-5H3,(H,25,28). The van der Waals surface area contributed by atoms with Gasteiger partial charge in [0.15, 0.2) is 0 Å². The van der Waals surface area contributed by atoms with Crippen LogP contribution in [-0.2, 0) is 16.0 Å². The predicted octanol–water partition coefficient (Wildman–Crippen LogP) is 4.40. The molecule has 0 spiro atoms. The molecule has 0 aliphatic heterocycles. The number of fused-ring (bicyclic) bond motifs is 1. The van der Waals surface area contributed by atoms with Crippen LogP contribution in [0.1, 0.15) is 42.7 Å². The number of nitrogens with one attached hydrogen (secondary N) is 1.